The van der Waals surface area contributed by atoms with E-state index in [2.05, 4.69) is 5.32 Å². The number of alkyl carbamates (subject to hydrolysis) is 1. The molecule has 1 rings (SSSR count). The van der Waals surface area contributed by atoms with Gasteiger partial charge in [-0.05, 0) is 31.0 Å². The zero-order chi connectivity index (χ0) is 12.7. The third kappa shape index (κ3) is 4.55. The summed E-state index contributed by atoms with van der Waals surface area (Å²) in [5.41, 5.74) is 1.11. The van der Waals surface area contributed by atoms with Gasteiger partial charge in [0.2, 0.25) is 0 Å². The molecule has 0 bridgehead atoms. The van der Waals surface area contributed by atoms with Crippen molar-refractivity contribution >= 4 is 12.1 Å². The molecule has 1 aromatic rings. The second-order valence-corrected chi connectivity index (χ2v) is 3.40. The first-order chi connectivity index (χ1) is 8.13. The normalized spacial score (nSPS) is 9.71. The summed E-state index contributed by atoms with van der Waals surface area (Å²) >= 11 is 0. The third-order valence-corrected chi connectivity index (χ3v) is 2.13. The Morgan fingerprint density at radius 3 is 2.82 bits per heavy atom. The number of hydrogen-bond donors (Lipinski definition) is 2. The summed E-state index contributed by atoms with van der Waals surface area (Å²) in [5, 5.41) is 11.4. The average molecular weight is 237 g/mol. The van der Waals surface area contributed by atoms with E-state index in [0.29, 0.717) is 19.6 Å². The maximum absolute atomic E-state index is 11.0. The number of ether oxygens (including phenoxy) is 1. The van der Waals surface area contributed by atoms with E-state index in [1.165, 1.54) is 6.07 Å². The Balaban J connectivity index is 2.44. The highest BCUT2D eigenvalue weighted by Crippen LogP contribution is 2.05. The van der Waals surface area contributed by atoms with Crippen LogP contribution in [-0.2, 0) is 11.2 Å². The number of carboxylic acid groups (broad SMARTS) is 1. The standard InChI is InChI=1S/C12H15NO4/c1-2-17-12(16)13-7-6-9-4-3-5-10(8-9)11(14)15/h3-5,8H,2,6-7H2,1H3,(H,13,16)(H,14,15). The van der Waals surface area contributed by atoms with Crippen LogP contribution in [0.5, 0.6) is 0 Å². The summed E-state index contributed by atoms with van der Waals surface area (Å²) in [6.45, 7) is 2.48. The molecule has 92 valence electrons. The van der Waals surface area contributed by atoms with Crippen LogP contribution in [0.2, 0.25) is 0 Å². The number of carbonyl (C=O) groups excluding carboxylic acids is 1. The Hall–Kier alpha value is -2.04. The Kier molecular flexibility index (Phi) is 5.00. The molecular weight excluding hydrogens is 222 g/mol. The fourth-order valence-electron chi connectivity index (χ4n) is 1.35. The van der Waals surface area contributed by atoms with Crippen molar-refractivity contribution < 1.29 is 19.4 Å². The molecule has 0 aliphatic carbocycles. The zero-order valence-corrected chi connectivity index (χ0v) is 9.60. The summed E-state index contributed by atoms with van der Waals surface area (Å²) in [7, 11) is 0. The summed E-state index contributed by atoms with van der Waals surface area (Å²) in [6.07, 6.45) is 0.113. The Morgan fingerprint density at radius 2 is 2.18 bits per heavy atom. The highest BCUT2D eigenvalue weighted by molar-refractivity contribution is 5.87. The zero-order valence-electron chi connectivity index (χ0n) is 9.60. The maximum Gasteiger partial charge on any atom is 0.407 e. The number of carbonyl (C=O) groups is 2. The molecule has 0 aliphatic rings. The van der Waals surface area contributed by atoms with Crippen LogP contribution >= 0.6 is 0 Å². The first-order valence-corrected chi connectivity index (χ1v) is 5.36. The van der Waals surface area contributed by atoms with Gasteiger partial charge in [-0.1, -0.05) is 12.1 Å². The summed E-state index contributed by atoms with van der Waals surface area (Å²) < 4.78 is 4.70. The van der Waals surface area contributed by atoms with Crippen LogP contribution in [0.25, 0.3) is 0 Å². The van der Waals surface area contributed by atoms with E-state index in [4.69, 9.17) is 9.84 Å². The summed E-state index contributed by atoms with van der Waals surface area (Å²) in [4.78, 5) is 21.7. The third-order valence-electron chi connectivity index (χ3n) is 2.13. The number of amides is 1. The summed E-state index contributed by atoms with van der Waals surface area (Å²) in [5.74, 6) is -0.954. The van der Waals surface area contributed by atoms with Gasteiger partial charge in [-0.2, -0.15) is 0 Å². The lowest BCUT2D eigenvalue weighted by Gasteiger charge is -2.05. The van der Waals surface area contributed by atoms with E-state index < -0.39 is 12.1 Å². The molecule has 0 aliphatic heterocycles. The lowest BCUT2D eigenvalue weighted by Crippen LogP contribution is -2.26. The van der Waals surface area contributed by atoms with Crippen LogP contribution in [0.3, 0.4) is 0 Å². The van der Waals surface area contributed by atoms with Gasteiger partial charge in [0.15, 0.2) is 0 Å². The number of hydrogen-bond acceptors (Lipinski definition) is 3. The van der Waals surface area contributed by atoms with Crippen LogP contribution < -0.4 is 5.32 Å². The molecule has 5 nitrogen and oxygen atoms in total. The first kappa shape index (κ1) is 13.0. The second-order valence-electron chi connectivity index (χ2n) is 3.40. The van der Waals surface area contributed by atoms with Crippen molar-refractivity contribution in [2.45, 2.75) is 13.3 Å². The van der Waals surface area contributed by atoms with Gasteiger partial charge in [-0.3, -0.25) is 0 Å². The van der Waals surface area contributed by atoms with Gasteiger partial charge < -0.3 is 15.2 Å². The number of benzene rings is 1. The molecule has 17 heavy (non-hydrogen) atoms. The van der Waals surface area contributed by atoms with Crippen LogP contribution in [0, 0.1) is 0 Å². The monoisotopic (exact) mass is 237 g/mol. The average Bonchev–Trinajstić information content (AvgIpc) is 2.30. The van der Waals surface area contributed by atoms with E-state index >= 15 is 0 Å². The van der Waals surface area contributed by atoms with Gasteiger partial charge in [-0.15, -0.1) is 0 Å². The van der Waals surface area contributed by atoms with Crippen LogP contribution in [0.1, 0.15) is 22.8 Å². The largest absolute Gasteiger partial charge is 0.478 e. The second kappa shape index (κ2) is 6.52. The van der Waals surface area contributed by atoms with Gasteiger partial charge in [0.05, 0.1) is 12.2 Å². The fourth-order valence-corrected chi connectivity index (χ4v) is 1.35. The molecule has 0 saturated heterocycles. The molecule has 0 saturated carbocycles. The molecule has 0 fully saturated rings. The Morgan fingerprint density at radius 1 is 1.41 bits per heavy atom. The van der Waals surface area contributed by atoms with Crippen molar-refractivity contribution in [2.24, 2.45) is 0 Å². The minimum Gasteiger partial charge on any atom is -0.478 e. The molecular formula is C12H15NO4. The van der Waals surface area contributed by atoms with Crippen molar-refractivity contribution in [3.8, 4) is 0 Å². The van der Waals surface area contributed by atoms with Crippen molar-refractivity contribution in [3.05, 3.63) is 35.4 Å². The highest BCUT2D eigenvalue weighted by Gasteiger charge is 2.04. The van der Waals surface area contributed by atoms with E-state index in [-0.39, 0.29) is 5.56 Å². The molecule has 0 aromatic heterocycles. The predicted octanol–water partition coefficient (Wildman–Crippen LogP) is 1.67. The number of carboxylic acids is 1. The number of nitrogens with one attached hydrogen (secondary N) is 1. The fraction of sp³-hybridized carbons (Fsp3) is 0.333. The molecule has 0 unspecified atom stereocenters. The maximum atomic E-state index is 11.0. The van der Waals surface area contributed by atoms with E-state index in [1.807, 2.05) is 6.07 Å². The van der Waals surface area contributed by atoms with E-state index in [1.54, 1.807) is 19.1 Å². The molecule has 0 heterocycles. The number of aromatic carboxylic acids is 1. The molecule has 2 N–H and O–H groups in total. The van der Waals surface area contributed by atoms with Gasteiger partial charge in [0.25, 0.3) is 0 Å². The molecule has 0 radical (unpaired) electrons. The SMILES string of the molecule is CCOC(=O)NCCc1cccc(C(=O)O)c1. The minimum absolute atomic E-state index is 0.249. The summed E-state index contributed by atoms with van der Waals surface area (Å²) in [6, 6.07) is 6.63. The highest BCUT2D eigenvalue weighted by atomic mass is 16.5. The first-order valence-electron chi connectivity index (χ1n) is 5.36. The number of rotatable bonds is 5. The van der Waals surface area contributed by atoms with E-state index in [0.717, 1.165) is 5.56 Å². The van der Waals surface area contributed by atoms with Gasteiger partial charge in [0, 0.05) is 6.54 Å². The predicted molar refractivity (Wildman–Crippen MR) is 62.1 cm³/mol. The molecule has 0 spiro atoms. The molecule has 5 heteroatoms. The van der Waals surface area contributed by atoms with Crippen molar-refractivity contribution in [2.75, 3.05) is 13.2 Å². The minimum atomic E-state index is -0.954. The lowest BCUT2D eigenvalue weighted by molar-refractivity contribution is 0.0696. The lowest BCUT2D eigenvalue weighted by atomic mass is 10.1. The molecule has 1 aromatic carbocycles. The van der Waals surface area contributed by atoms with Crippen molar-refractivity contribution in [3.63, 3.8) is 0 Å². The topological polar surface area (TPSA) is 75.6 Å². The quantitative estimate of drug-likeness (QED) is 0.816. The van der Waals surface area contributed by atoms with Gasteiger partial charge in [0.1, 0.15) is 0 Å². The van der Waals surface area contributed by atoms with E-state index in [9.17, 15) is 9.59 Å². The van der Waals surface area contributed by atoms with Crippen LogP contribution in [-0.4, -0.2) is 30.3 Å². The Labute approximate surface area is 99.4 Å². The Bertz CT molecular complexity index is 403. The molecule has 1 amide bonds. The van der Waals surface area contributed by atoms with Crippen molar-refractivity contribution in [1.29, 1.82) is 0 Å². The van der Waals surface area contributed by atoms with Crippen LogP contribution in [0.15, 0.2) is 24.3 Å². The van der Waals surface area contributed by atoms with Gasteiger partial charge in [-0.25, -0.2) is 9.59 Å². The van der Waals surface area contributed by atoms with Gasteiger partial charge >= 0.3 is 12.1 Å². The molecule has 0 atom stereocenters. The van der Waals surface area contributed by atoms with Crippen LogP contribution in [0.4, 0.5) is 4.79 Å². The van der Waals surface area contributed by atoms with Crippen molar-refractivity contribution in [1.82, 2.24) is 5.32 Å². The smallest absolute Gasteiger partial charge is 0.407 e.